The van der Waals surface area contributed by atoms with E-state index in [1.807, 2.05) is 32.0 Å². The van der Waals surface area contributed by atoms with Gasteiger partial charge >= 0.3 is 0 Å². The standard InChI is InChI=1S/C14H19NO2.C2H6/c1-10(2)5-6-17-12-3-4-13-11(7-12)8-15-14(13)9-16;1-2/h3-4,7,9-10,15-16H,5-6,8H2,1-2H3;1-2H3. The fourth-order valence-electron chi connectivity index (χ4n) is 1.88. The van der Waals surface area contributed by atoms with E-state index in [4.69, 9.17) is 9.84 Å². The third kappa shape index (κ3) is 4.19. The molecule has 0 unspecified atom stereocenters. The molecule has 0 saturated carbocycles. The normalized spacial score (nSPS) is 14.7. The number of ether oxygens (including phenoxy) is 1. The topological polar surface area (TPSA) is 41.5 Å². The van der Waals surface area contributed by atoms with Gasteiger partial charge in [-0.1, -0.05) is 27.7 Å². The highest BCUT2D eigenvalue weighted by molar-refractivity contribution is 5.70. The Labute approximate surface area is 116 Å². The second-order valence-electron chi connectivity index (χ2n) is 4.75. The van der Waals surface area contributed by atoms with Gasteiger partial charge in [0.1, 0.15) is 12.0 Å². The molecule has 3 heteroatoms. The number of aliphatic hydroxyl groups excluding tert-OH is 1. The quantitative estimate of drug-likeness (QED) is 0.804. The van der Waals surface area contributed by atoms with E-state index in [0.717, 1.165) is 42.8 Å². The predicted octanol–water partition coefficient (Wildman–Crippen LogP) is 4.10. The maximum absolute atomic E-state index is 9.03. The van der Waals surface area contributed by atoms with Gasteiger partial charge in [0, 0.05) is 12.1 Å². The van der Waals surface area contributed by atoms with Gasteiger partial charge in [-0.05, 0) is 36.1 Å². The molecule has 1 aliphatic heterocycles. The third-order valence-corrected chi connectivity index (χ3v) is 2.93. The number of hydrogen-bond acceptors (Lipinski definition) is 3. The van der Waals surface area contributed by atoms with E-state index >= 15 is 0 Å². The van der Waals surface area contributed by atoms with Gasteiger partial charge in [0.2, 0.25) is 0 Å². The molecule has 0 aromatic heterocycles. The first kappa shape index (κ1) is 15.4. The first-order valence-corrected chi connectivity index (χ1v) is 7.05. The Bertz CT molecular complexity index is 425. The Morgan fingerprint density at radius 2 is 2.11 bits per heavy atom. The molecule has 1 heterocycles. The van der Waals surface area contributed by atoms with Gasteiger partial charge in [0.15, 0.2) is 0 Å². The van der Waals surface area contributed by atoms with E-state index in [1.54, 1.807) is 0 Å². The Morgan fingerprint density at radius 3 is 2.74 bits per heavy atom. The highest BCUT2D eigenvalue weighted by atomic mass is 16.5. The number of benzene rings is 1. The van der Waals surface area contributed by atoms with Crippen LogP contribution in [-0.2, 0) is 6.54 Å². The molecule has 2 N–H and O–H groups in total. The maximum Gasteiger partial charge on any atom is 0.119 e. The lowest BCUT2D eigenvalue weighted by molar-refractivity contribution is 0.289. The average molecular weight is 263 g/mol. The zero-order chi connectivity index (χ0) is 14.3. The molecule has 2 rings (SSSR count). The van der Waals surface area contributed by atoms with E-state index in [2.05, 4.69) is 19.2 Å². The number of aliphatic hydroxyl groups is 1. The fourth-order valence-corrected chi connectivity index (χ4v) is 1.88. The molecule has 0 aliphatic carbocycles. The molecular weight excluding hydrogens is 238 g/mol. The van der Waals surface area contributed by atoms with Gasteiger partial charge in [-0.25, -0.2) is 0 Å². The lowest BCUT2D eigenvalue weighted by atomic mass is 10.1. The molecule has 0 spiro atoms. The number of fused-ring (bicyclic) bond motifs is 1. The van der Waals surface area contributed by atoms with Crippen LogP contribution in [-0.4, -0.2) is 11.7 Å². The van der Waals surface area contributed by atoms with E-state index in [-0.39, 0.29) is 0 Å². The number of rotatable bonds is 4. The fraction of sp³-hybridized carbons (Fsp3) is 0.500. The molecule has 1 aromatic carbocycles. The summed E-state index contributed by atoms with van der Waals surface area (Å²) in [7, 11) is 0. The van der Waals surface area contributed by atoms with Crippen molar-refractivity contribution < 1.29 is 9.84 Å². The second-order valence-corrected chi connectivity index (χ2v) is 4.75. The average Bonchev–Trinajstić information content (AvgIpc) is 2.83. The minimum atomic E-state index is 0.662. The molecule has 0 bridgehead atoms. The van der Waals surface area contributed by atoms with Crippen molar-refractivity contribution in [3.63, 3.8) is 0 Å². The van der Waals surface area contributed by atoms with Crippen LogP contribution in [0.3, 0.4) is 0 Å². The minimum Gasteiger partial charge on any atom is -0.513 e. The van der Waals surface area contributed by atoms with Crippen molar-refractivity contribution in [2.45, 2.75) is 40.7 Å². The maximum atomic E-state index is 9.03. The zero-order valence-electron chi connectivity index (χ0n) is 12.4. The third-order valence-electron chi connectivity index (χ3n) is 2.93. The summed E-state index contributed by atoms with van der Waals surface area (Å²) in [5.74, 6) is 1.57. The van der Waals surface area contributed by atoms with Crippen molar-refractivity contribution in [2.24, 2.45) is 5.92 Å². The SMILES string of the molecule is CC.CC(C)CCOc1ccc2c(c1)CNC2=CO. The van der Waals surface area contributed by atoms with Crippen LogP contribution in [0.5, 0.6) is 5.75 Å². The van der Waals surface area contributed by atoms with Crippen molar-refractivity contribution in [1.29, 1.82) is 0 Å². The Morgan fingerprint density at radius 1 is 1.37 bits per heavy atom. The highest BCUT2D eigenvalue weighted by Gasteiger charge is 2.15. The van der Waals surface area contributed by atoms with Crippen LogP contribution in [0.2, 0.25) is 0 Å². The van der Waals surface area contributed by atoms with Gasteiger partial charge in [-0.15, -0.1) is 0 Å². The molecule has 0 atom stereocenters. The summed E-state index contributed by atoms with van der Waals surface area (Å²) in [6, 6.07) is 5.98. The number of hydrogen-bond donors (Lipinski definition) is 2. The van der Waals surface area contributed by atoms with Crippen molar-refractivity contribution in [3.8, 4) is 5.75 Å². The summed E-state index contributed by atoms with van der Waals surface area (Å²) in [5, 5.41) is 12.2. The van der Waals surface area contributed by atoms with Crippen LogP contribution >= 0.6 is 0 Å². The molecule has 106 valence electrons. The lowest BCUT2D eigenvalue weighted by Gasteiger charge is -2.09. The van der Waals surface area contributed by atoms with Crippen molar-refractivity contribution >= 4 is 5.70 Å². The largest absolute Gasteiger partial charge is 0.513 e. The minimum absolute atomic E-state index is 0.662. The van der Waals surface area contributed by atoms with Crippen molar-refractivity contribution in [3.05, 3.63) is 35.6 Å². The van der Waals surface area contributed by atoms with E-state index < -0.39 is 0 Å². The molecule has 1 aliphatic rings. The van der Waals surface area contributed by atoms with E-state index in [1.165, 1.54) is 5.56 Å². The molecule has 0 radical (unpaired) electrons. The van der Waals surface area contributed by atoms with E-state index in [0.29, 0.717) is 5.92 Å². The van der Waals surface area contributed by atoms with Gasteiger partial charge in [-0.3, -0.25) is 0 Å². The predicted molar refractivity (Wildman–Crippen MR) is 80.2 cm³/mol. The lowest BCUT2D eigenvalue weighted by Crippen LogP contribution is -2.01. The number of nitrogens with one attached hydrogen (secondary N) is 1. The molecular formula is C16H25NO2. The molecule has 0 fully saturated rings. The van der Waals surface area contributed by atoms with Crippen LogP contribution in [0.25, 0.3) is 5.70 Å². The van der Waals surface area contributed by atoms with Gasteiger partial charge in [0.25, 0.3) is 0 Å². The summed E-state index contributed by atoms with van der Waals surface area (Å²) in [6.45, 7) is 9.89. The van der Waals surface area contributed by atoms with Crippen LogP contribution in [0.15, 0.2) is 24.5 Å². The van der Waals surface area contributed by atoms with Crippen LogP contribution in [0.1, 0.15) is 45.2 Å². The van der Waals surface area contributed by atoms with Gasteiger partial charge < -0.3 is 15.2 Å². The summed E-state index contributed by atoms with van der Waals surface area (Å²) in [5.41, 5.74) is 3.02. The van der Waals surface area contributed by atoms with Crippen molar-refractivity contribution in [2.75, 3.05) is 6.61 Å². The summed E-state index contributed by atoms with van der Waals surface area (Å²) < 4.78 is 5.70. The highest BCUT2D eigenvalue weighted by Crippen LogP contribution is 2.27. The smallest absolute Gasteiger partial charge is 0.119 e. The van der Waals surface area contributed by atoms with Crippen LogP contribution in [0.4, 0.5) is 0 Å². The van der Waals surface area contributed by atoms with Crippen molar-refractivity contribution in [1.82, 2.24) is 5.32 Å². The van der Waals surface area contributed by atoms with Crippen LogP contribution < -0.4 is 10.1 Å². The molecule has 19 heavy (non-hydrogen) atoms. The summed E-state index contributed by atoms with van der Waals surface area (Å²) in [4.78, 5) is 0. The molecule has 0 saturated heterocycles. The van der Waals surface area contributed by atoms with Crippen LogP contribution in [0, 0.1) is 5.92 Å². The molecule has 1 aromatic rings. The second kappa shape index (κ2) is 7.72. The monoisotopic (exact) mass is 263 g/mol. The zero-order valence-corrected chi connectivity index (χ0v) is 12.4. The Kier molecular flexibility index (Phi) is 6.26. The van der Waals surface area contributed by atoms with Gasteiger partial charge in [0.05, 0.1) is 12.3 Å². The van der Waals surface area contributed by atoms with E-state index in [9.17, 15) is 0 Å². The Hall–Kier alpha value is -1.64. The summed E-state index contributed by atoms with van der Waals surface area (Å²) >= 11 is 0. The van der Waals surface area contributed by atoms with Gasteiger partial charge in [-0.2, -0.15) is 0 Å². The first-order valence-electron chi connectivity index (χ1n) is 7.05. The Balaban J connectivity index is 0.000000861. The molecule has 0 amide bonds. The first-order chi connectivity index (χ1) is 9.20. The molecule has 3 nitrogen and oxygen atoms in total. The summed E-state index contributed by atoms with van der Waals surface area (Å²) in [6.07, 6.45) is 2.18.